The lowest BCUT2D eigenvalue weighted by Crippen LogP contribution is -2.40. The van der Waals surface area contributed by atoms with Crippen LogP contribution in [0.2, 0.25) is 0 Å². The van der Waals surface area contributed by atoms with Crippen LogP contribution in [0.25, 0.3) is 10.2 Å². The molecule has 0 saturated carbocycles. The molecule has 1 atom stereocenters. The number of anilines is 2. The Hall–Kier alpha value is -2.05. The summed E-state index contributed by atoms with van der Waals surface area (Å²) in [4.78, 5) is 20.9. The second kappa shape index (κ2) is 7.68. The number of nitrogens with one attached hydrogen (secondary N) is 1. The summed E-state index contributed by atoms with van der Waals surface area (Å²) in [5, 5.41) is 4.11. The number of benzene rings is 2. The molecule has 2 aromatic carbocycles. The Bertz CT molecular complexity index is 891. The second-order valence-electron chi connectivity index (χ2n) is 6.47. The van der Waals surface area contributed by atoms with Crippen molar-refractivity contribution in [3.63, 3.8) is 0 Å². The third-order valence-corrected chi connectivity index (χ3v) is 6.51. The molecule has 6 heteroatoms. The number of hydrogen-bond donors (Lipinski definition) is 1. The summed E-state index contributed by atoms with van der Waals surface area (Å²) in [6.07, 6.45) is 3.98. The predicted molar refractivity (Wildman–Crippen MR) is 111 cm³/mol. The van der Waals surface area contributed by atoms with Crippen molar-refractivity contribution >= 4 is 50.0 Å². The van der Waals surface area contributed by atoms with E-state index < -0.39 is 0 Å². The summed E-state index contributed by atoms with van der Waals surface area (Å²) < 4.78 is 1.20. The molecular weight excluding hydrogens is 362 g/mol. The SMILES string of the molecule is CSc1cccc(NC(=O)C2CCCN(c3nc4ccccc4s3)C2)c1. The third-order valence-electron chi connectivity index (χ3n) is 4.68. The Morgan fingerprint density at radius 1 is 1.27 bits per heavy atom. The minimum Gasteiger partial charge on any atom is -0.347 e. The van der Waals surface area contributed by atoms with Crippen molar-refractivity contribution < 1.29 is 4.79 Å². The molecule has 26 heavy (non-hydrogen) atoms. The van der Waals surface area contributed by atoms with Crippen molar-refractivity contribution in [2.75, 3.05) is 29.6 Å². The van der Waals surface area contributed by atoms with Crippen molar-refractivity contribution in [3.05, 3.63) is 48.5 Å². The summed E-state index contributed by atoms with van der Waals surface area (Å²) in [6.45, 7) is 1.69. The number of fused-ring (bicyclic) bond motifs is 1. The van der Waals surface area contributed by atoms with Gasteiger partial charge in [-0.2, -0.15) is 0 Å². The maximum atomic E-state index is 12.8. The lowest BCUT2D eigenvalue weighted by Gasteiger charge is -2.31. The monoisotopic (exact) mass is 383 g/mol. The molecule has 2 heterocycles. The molecular formula is C20H21N3OS2. The zero-order chi connectivity index (χ0) is 17.9. The summed E-state index contributed by atoms with van der Waals surface area (Å²) in [5.74, 6) is 0.0998. The van der Waals surface area contributed by atoms with E-state index in [0.717, 1.165) is 47.2 Å². The highest BCUT2D eigenvalue weighted by Crippen LogP contribution is 2.31. The first-order valence-corrected chi connectivity index (χ1v) is 10.8. The average Bonchev–Trinajstić information content (AvgIpc) is 3.12. The fourth-order valence-electron chi connectivity index (χ4n) is 3.31. The molecule has 0 aliphatic carbocycles. The Morgan fingerprint density at radius 3 is 3.00 bits per heavy atom. The van der Waals surface area contributed by atoms with Crippen LogP contribution in [0.1, 0.15) is 12.8 Å². The van der Waals surface area contributed by atoms with Gasteiger partial charge in [-0.1, -0.05) is 29.5 Å². The van der Waals surface area contributed by atoms with Gasteiger partial charge < -0.3 is 10.2 Å². The van der Waals surface area contributed by atoms with Crippen LogP contribution in [-0.2, 0) is 4.79 Å². The van der Waals surface area contributed by atoms with E-state index in [0.29, 0.717) is 0 Å². The largest absolute Gasteiger partial charge is 0.347 e. The minimum atomic E-state index is -0.00584. The number of rotatable bonds is 4. The maximum Gasteiger partial charge on any atom is 0.229 e. The molecule has 0 radical (unpaired) electrons. The fourth-order valence-corrected chi connectivity index (χ4v) is 4.77. The van der Waals surface area contributed by atoms with Gasteiger partial charge in [0.25, 0.3) is 0 Å². The van der Waals surface area contributed by atoms with Crippen molar-refractivity contribution in [2.45, 2.75) is 17.7 Å². The van der Waals surface area contributed by atoms with E-state index in [1.807, 2.05) is 42.7 Å². The number of piperidine rings is 1. The summed E-state index contributed by atoms with van der Waals surface area (Å²) >= 11 is 3.39. The van der Waals surface area contributed by atoms with Gasteiger partial charge in [0.1, 0.15) is 0 Å². The first kappa shape index (κ1) is 17.4. The van der Waals surface area contributed by atoms with Crippen LogP contribution in [0.15, 0.2) is 53.4 Å². The maximum absolute atomic E-state index is 12.8. The van der Waals surface area contributed by atoms with Crippen molar-refractivity contribution in [1.82, 2.24) is 4.98 Å². The number of carbonyl (C=O) groups is 1. The van der Waals surface area contributed by atoms with Gasteiger partial charge in [0.05, 0.1) is 16.1 Å². The number of thiazole rings is 1. The van der Waals surface area contributed by atoms with Gasteiger partial charge in [0.15, 0.2) is 5.13 Å². The molecule has 1 aromatic heterocycles. The summed E-state index contributed by atoms with van der Waals surface area (Å²) in [5.41, 5.74) is 1.91. The zero-order valence-electron chi connectivity index (χ0n) is 14.6. The van der Waals surface area contributed by atoms with Crippen LogP contribution in [0.3, 0.4) is 0 Å². The molecule has 4 nitrogen and oxygen atoms in total. The van der Waals surface area contributed by atoms with E-state index >= 15 is 0 Å². The summed E-state index contributed by atoms with van der Waals surface area (Å²) in [7, 11) is 0. The molecule has 1 N–H and O–H groups in total. The van der Waals surface area contributed by atoms with E-state index in [9.17, 15) is 4.79 Å². The highest BCUT2D eigenvalue weighted by Gasteiger charge is 2.27. The quantitative estimate of drug-likeness (QED) is 0.653. The average molecular weight is 384 g/mol. The number of nitrogens with zero attached hydrogens (tertiary/aromatic N) is 2. The molecule has 1 aliphatic heterocycles. The molecule has 0 spiro atoms. The molecule has 1 aliphatic rings. The van der Waals surface area contributed by atoms with E-state index in [4.69, 9.17) is 4.98 Å². The molecule has 1 fully saturated rings. The van der Waals surface area contributed by atoms with Gasteiger partial charge in [-0.15, -0.1) is 11.8 Å². The molecule has 1 unspecified atom stereocenters. The van der Waals surface area contributed by atoms with Gasteiger partial charge in [-0.25, -0.2) is 4.98 Å². The Labute approximate surface area is 161 Å². The van der Waals surface area contributed by atoms with Gasteiger partial charge in [0, 0.05) is 23.7 Å². The van der Waals surface area contributed by atoms with Gasteiger partial charge >= 0.3 is 0 Å². The van der Waals surface area contributed by atoms with Crippen molar-refractivity contribution in [2.24, 2.45) is 5.92 Å². The molecule has 1 saturated heterocycles. The highest BCUT2D eigenvalue weighted by molar-refractivity contribution is 7.98. The Balaban J connectivity index is 1.46. The van der Waals surface area contributed by atoms with E-state index in [1.165, 1.54) is 4.70 Å². The Morgan fingerprint density at radius 2 is 2.15 bits per heavy atom. The zero-order valence-corrected chi connectivity index (χ0v) is 16.3. The minimum absolute atomic E-state index is 0.00584. The molecule has 0 bridgehead atoms. The first-order chi connectivity index (χ1) is 12.7. The van der Waals surface area contributed by atoms with Crippen LogP contribution in [0, 0.1) is 5.92 Å². The molecule has 1 amide bonds. The second-order valence-corrected chi connectivity index (χ2v) is 8.36. The van der Waals surface area contributed by atoms with Crippen LogP contribution < -0.4 is 10.2 Å². The fraction of sp³-hybridized carbons (Fsp3) is 0.300. The number of para-hydroxylation sites is 1. The smallest absolute Gasteiger partial charge is 0.229 e. The first-order valence-electron chi connectivity index (χ1n) is 8.78. The highest BCUT2D eigenvalue weighted by atomic mass is 32.2. The van der Waals surface area contributed by atoms with E-state index in [1.54, 1.807) is 23.1 Å². The number of thioether (sulfide) groups is 1. The van der Waals surface area contributed by atoms with Crippen molar-refractivity contribution in [1.29, 1.82) is 0 Å². The third kappa shape index (κ3) is 3.71. The van der Waals surface area contributed by atoms with Crippen LogP contribution in [-0.4, -0.2) is 30.2 Å². The number of amides is 1. The normalized spacial score (nSPS) is 17.4. The van der Waals surface area contributed by atoms with Crippen LogP contribution in [0.5, 0.6) is 0 Å². The van der Waals surface area contributed by atoms with E-state index in [2.05, 4.69) is 22.3 Å². The van der Waals surface area contributed by atoms with Gasteiger partial charge in [-0.3, -0.25) is 4.79 Å². The lowest BCUT2D eigenvalue weighted by molar-refractivity contribution is -0.120. The van der Waals surface area contributed by atoms with E-state index in [-0.39, 0.29) is 11.8 Å². The van der Waals surface area contributed by atoms with Crippen LogP contribution in [0.4, 0.5) is 10.8 Å². The summed E-state index contributed by atoms with van der Waals surface area (Å²) in [6, 6.07) is 16.2. The topological polar surface area (TPSA) is 45.2 Å². The Kier molecular flexibility index (Phi) is 5.13. The number of hydrogen-bond acceptors (Lipinski definition) is 5. The molecule has 4 rings (SSSR count). The molecule has 3 aromatic rings. The van der Waals surface area contributed by atoms with Crippen molar-refractivity contribution in [3.8, 4) is 0 Å². The van der Waals surface area contributed by atoms with Gasteiger partial charge in [-0.05, 0) is 49.4 Å². The standard InChI is InChI=1S/C20H21N3OS2/c1-25-16-8-4-7-15(12-16)21-19(24)14-6-5-11-23(13-14)20-22-17-9-2-3-10-18(17)26-20/h2-4,7-10,12,14H,5-6,11,13H2,1H3,(H,21,24). The predicted octanol–water partition coefficient (Wildman–Crippen LogP) is 4.87. The molecule has 134 valence electrons. The lowest BCUT2D eigenvalue weighted by atomic mass is 9.97. The number of aromatic nitrogens is 1. The van der Waals surface area contributed by atoms with Gasteiger partial charge in [0.2, 0.25) is 5.91 Å². The number of carbonyl (C=O) groups excluding carboxylic acids is 1. The van der Waals surface area contributed by atoms with Crippen LogP contribution >= 0.6 is 23.1 Å².